The van der Waals surface area contributed by atoms with Crippen LogP contribution in [0.25, 0.3) is 11.1 Å². The van der Waals surface area contributed by atoms with Crippen molar-refractivity contribution in [2.24, 2.45) is 11.8 Å². The van der Waals surface area contributed by atoms with Crippen molar-refractivity contribution in [3.05, 3.63) is 47.5 Å². The van der Waals surface area contributed by atoms with E-state index in [-0.39, 0.29) is 0 Å². The van der Waals surface area contributed by atoms with Crippen LogP contribution in [0.2, 0.25) is 0 Å². The molecule has 0 N–H and O–H groups in total. The molecule has 1 aromatic rings. The summed E-state index contributed by atoms with van der Waals surface area (Å²) in [5.74, 6) is 1.56. The summed E-state index contributed by atoms with van der Waals surface area (Å²) >= 11 is 0. The van der Waals surface area contributed by atoms with E-state index in [1.54, 1.807) is 0 Å². The number of hydrogen-bond donors (Lipinski definition) is 0. The van der Waals surface area contributed by atoms with Crippen LogP contribution in [-0.2, 0) is 0 Å². The maximum absolute atomic E-state index is 2.38. The Bertz CT molecular complexity index is 436. The first-order chi connectivity index (χ1) is 10.4. The molecule has 0 aliphatic rings. The lowest BCUT2D eigenvalue weighted by molar-refractivity contribution is 0.594. The second-order valence-electron chi connectivity index (χ2n) is 7.29. The molecule has 0 fully saturated rings. The average Bonchev–Trinajstić information content (AvgIpc) is 2.46. The molecule has 0 atom stereocenters. The number of hydrogen-bond acceptors (Lipinski definition) is 0. The monoisotopic (exact) mass is 298 g/mol. The summed E-state index contributed by atoms with van der Waals surface area (Å²) in [7, 11) is 0. The van der Waals surface area contributed by atoms with Gasteiger partial charge in [-0.05, 0) is 73.6 Å². The largest absolute Gasteiger partial charge is 0.0810 e. The Kier molecular flexibility index (Phi) is 8.24. The molecule has 0 spiro atoms. The third-order valence-corrected chi connectivity index (χ3v) is 4.18. The molecule has 0 aliphatic carbocycles. The molecule has 1 aromatic carbocycles. The zero-order chi connectivity index (χ0) is 16.5. The van der Waals surface area contributed by atoms with Gasteiger partial charge in [0.2, 0.25) is 0 Å². The van der Waals surface area contributed by atoms with Crippen LogP contribution in [0.15, 0.2) is 36.4 Å². The molecule has 0 heterocycles. The lowest BCUT2D eigenvalue weighted by Crippen LogP contribution is -1.87. The van der Waals surface area contributed by atoms with Gasteiger partial charge in [-0.15, -0.1) is 0 Å². The Morgan fingerprint density at radius 3 is 1.32 bits per heavy atom. The van der Waals surface area contributed by atoms with E-state index in [4.69, 9.17) is 0 Å². The highest BCUT2D eigenvalue weighted by Crippen LogP contribution is 2.21. The highest BCUT2D eigenvalue weighted by Gasteiger charge is 2.00. The molecule has 0 nitrogen and oxygen atoms in total. The van der Waals surface area contributed by atoms with E-state index in [0.29, 0.717) is 0 Å². The Labute approximate surface area is 138 Å². The number of rotatable bonds is 8. The Morgan fingerprint density at radius 2 is 1.05 bits per heavy atom. The van der Waals surface area contributed by atoms with Gasteiger partial charge in [-0.25, -0.2) is 0 Å². The summed E-state index contributed by atoms with van der Waals surface area (Å²) in [6.45, 7) is 13.6. The molecule has 0 radical (unpaired) electrons. The third kappa shape index (κ3) is 7.11. The van der Waals surface area contributed by atoms with Crippen LogP contribution >= 0.6 is 0 Å². The van der Waals surface area contributed by atoms with E-state index >= 15 is 0 Å². The molecule has 1 rings (SSSR count). The SMILES string of the molecule is C/C(=C\CCC(C)C)c1ccc(/C(C)=C/CCC(C)C)cc1. The quantitative estimate of drug-likeness (QED) is 0.470. The predicted molar refractivity (Wildman–Crippen MR) is 102 cm³/mol. The van der Waals surface area contributed by atoms with E-state index in [9.17, 15) is 0 Å². The first kappa shape index (κ1) is 18.7. The summed E-state index contributed by atoms with van der Waals surface area (Å²) < 4.78 is 0. The van der Waals surface area contributed by atoms with Gasteiger partial charge < -0.3 is 0 Å². The van der Waals surface area contributed by atoms with Gasteiger partial charge in [0.25, 0.3) is 0 Å². The second kappa shape index (κ2) is 9.66. The van der Waals surface area contributed by atoms with Gasteiger partial charge in [0.15, 0.2) is 0 Å². The summed E-state index contributed by atoms with van der Waals surface area (Å²) in [4.78, 5) is 0. The van der Waals surface area contributed by atoms with E-state index in [1.807, 2.05) is 0 Å². The summed E-state index contributed by atoms with van der Waals surface area (Å²) in [6, 6.07) is 9.04. The van der Waals surface area contributed by atoms with Gasteiger partial charge in [-0.1, -0.05) is 64.1 Å². The first-order valence-corrected chi connectivity index (χ1v) is 8.84. The standard InChI is InChI=1S/C22H34/c1-17(2)9-7-11-19(5)21-13-15-22(16-14-21)20(6)12-8-10-18(3)4/h11-18H,7-10H2,1-6H3/b19-11+,20-12+. The van der Waals surface area contributed by atoms with Crippen LogP contribution in [0.1, 0.15) is 78.4 Å². The topological polar surface area (TPSA) is 0 Å². The summed E-state index contributed by atoms with van der Waals surface area (Å²) in [6.07, 6.45) is 9.65. The minimum absolute atomic E-state index is 0.782. The molecule has 0 saturated carbocycles. The van der Waals surface area contributed by atoms with E-state index in [1.165, 1.54) is 48.0 Å². The van der Waals surface area contributed by atoms with E-state index in [0.717, 1.165) is 11.8 Å². The lowest BCUT2D eigenvalue weighted by atomic mass is 9.99. The zero-order valence-corrected chi connectivity index (χ0v) is 15.4. The normalized spacial score (nSPS) is 13.3. The minimum Gasteiger partial charge on any atom is -0.0810 e. The maximum Gasteiger partial charge on any atom is -0.0230 e. The van der Waals surface area contributed by atoms with Crippen LogP contribution in [0.3, 0.4) is 0 Å². The maximum atomic E-state index is 2.38. The van der Waals surface area contributed by atoms with Gasteiger partial charge in [0, 0.05) is 0 Å². The molecule has 0 aromatic heterocycles. The van der Waals surface area contributed by atoms with Gasteiger partial charge >= 0.3 is 0 Å². The van der Waals surface area contributed by atoms with Crippen LogP contribution < -0.4 is 0 Å². The lowest BCUT2D eigenvalue weighted by Gasteiger charge is -2.07. The molecular weight excluding hydrogens is 264 g/mol. The molecular formula is C22H34. The Morgan fingerprint density at radius 1 is 0.727 bits per heavy atom. The zero-order valence-electron chi connectivity index (χ0n) is 15.4. The van der Waals surface area contributed by atoms with Crippen LogP contribution in [0, 0.1) is 11.8 Å². The van der Waals surface area contributed by atoms with Crippen molar-refractivity contribution in [1.29, 1.82) is 0 Å². The molecule has 22 heavy (non-hydrogen) atoms. The Hall–Kier alpha value is -1.30. The number of allylic oxidation sites excluding steroid dienone is 4. The molecule has 0 unspecified atom stereocenters. The molecule has 0 saturated heterocycles. The highest BCUT2D eigenvalue weighted by molar-refractivity contribution is 5.68. The van der Waals surface area contributed by atoms with Crippen molar-refractivity contribution in [1.82, 2.24) is 0 Å². The molecule has 0 bridgehead atoms. The molecule has 0 aliphatic heterocycles. The van der Waals surface area contributed by atoms with Crippen LogP contribution in [-0.4, -0.2) is 0 Å². The van der Waals surface area contributed by atoms with Crippen molar-refractivity contribution in [3.8, 4) is 0 Å². The van der Waals surface area contributed by atoms with Gasteiger partial charge in [0.05, 0.1) is 0 Å². The van der Waals surface area contributed by atoms with Crippen LogP contribution in [0.5, 0.6) is 0 Å². The van der Waals surface area contributed by atoms with Crippen molar-refractivity contribution >= 4 is 11.1 Å². The fourth-order valence-electron chi connectivity index (χ4n) is 2.50. The van der Waals surface area contributed by atoms with Gasteiger partial charge in [-0.2, -0.15) is 0 Å². The van der Waals surface area contributed by atoms with Crippen molar-refractivity contribution in [2.75, 3.05) is 0 Å². The van der Waals surface area contributed by atoms with Crippen molar-refractivity contribution < 1.29 is 0 Å². The average molecular weight is 299 g/mol. The highest BCUT2D eigenvalue weighted by atomic mass is 14.1. The van der Waals surface area contributed by atoms with Gasteiger partial charge in [-0.3, -0.25) is 0 Å². The molecule has 0 amide bonds. The fourth-order valence-corrected chi connectivity index (χ4v) is 2.50. The second-order valence-corrected chi connectivity index (χ2v) is 7.29. The molecule has 0 heteroatoms. The number of benzene rings is 1. The molecule has 122 valence electrons. The van der Waals surface area contributed by atoms with Crippen molar-refractivity contribution in [2.45, 2.75) is 67.2 Å². The van der Waals surface area contributed by atoms with Gasteiger partial charge in [0.1, 0.15) is 0 Å². The first-order valence-electron chi connectivity index (χ1n) is 8.84. The van der Waals surface area contributed by atoms with E-state index in [2.05, 4.69) is 78.0 Å². The van der Waals surface area contributed by atoms with E-state index < -0.39 is 0 Å². The van der Waals surface area contributed by atoms with Crippen molar-refractivity contribution in [3.63, 3.8) is 0 Å². The fraction of sp³-hybridized carbons (Fsp3) is 0.545. The minimum atomic E-state index is 0.782. The smallest absolute Gasteiger partial charge is 0.0230 e. The summed E-state index contributed by atoms with van der Waals surface area (Å²) in [5, 5.41) is 0. The predicted octanol–water partition coefficient (Wildman–Crippen LogP) is 7.37. The summed E-state index contributed by atoms with van der Waals surface area (Å²) in [5.41, 5.74) is 5.49. The Balaban J connectivity index is 2.65. The third-order valence-electron chi connectivity index (χ3n) is 4.18. The van der Waals surface area contributed by atoms with Crippen LogP contribution in [0.4, 0.5) is 0 Å².